The van der Waals surface area contributed by atoms with Crippen LogP contribution in [-0.4, -0.2) is 63.9 Å². The highest BCUT2D eigenvalue weighted by Crippen LogP contribution is 2.19. The Morgan fingerprint density at radius 1 is 0.500 bits per heavy atom. The second-order valence-corrected chi connectivity index (χ2v) is 10.3. The number of carbonyl (C=O) groups is 3. The van der Waals surface area contributed by atoms with E-state index in [4.69, 9.17) is 15.3 Å². The number of aliphatic carboxylic acids is 3. The molecule has 0 aromatic heterocycles. The summed E-state index contributed by atoms with van der Waals surface area (Å²) in [6.45, 7) is 5.88. The first-order valence-electron chi connectivity index (χ1n) is 14.5. The molecule has 0 aromatic rings. The lowest BCUT2D eigenvalue weighted by molar-refractivity contribution is -0.929. The summed E-state index contributed by atoms with van der Waals surface area (Å²) < 4.78 is 0.858. The number of nitrogens with zero attached hydrogens (tertiary/aromatic N) is 1. The van der Waals surface area contributed by atoms with Gasteiger partial charge in [0, 0.05) is 19.3 Å². The number of unbranched alkanes of at least 4 members (excludes halogenated alkanes) is 11. The second-order valence-electron chi connectivity index (χ2n) is 10.3. The molecule has 0 aromatic carbocycles. The van der Waals surface area contributed by atoms with Crippen molar-refractivity contribution in [3.63, 3.8) is 0 Å². The largest absolute Gasteiger partial charge is 0.481 e. The Kier molecular flexibility index (Phi) is 22.3. The van der Waals surface area contributed by atoms with Crippen molar-refractivity contribution >= 4 is 17.9 Å². The van der Waals surface area contributed by atoms with Crippen molar-refractivity contribution in [3.05, 3.63) is 12.2 Å². The fraction of sp³-hybridized carbons (Fsp3) is 0.828. The summed E-state index contributed by atoms with van der Waals surface area (Å²) in [5.41, 5.74) is 0. The molecule has 0 saturated carbocycles. The van der Waals surface area contributed by atoms with Gasteiger partial charge in [-0.25, -0.2) is 0 Å². The average molecular weight is 513 g/mol. The monoisotopic (exact) mass is 512 g/mol. The van der Waals surface area contributed by atoms with Crippen LogP contribution in [0.2, 0.25) is 0 Å². The lowest BCUT2D eigenvalue weighted by atomic mass is 10.1. The molecule has 0 aliphatic carbocycles. The number of hydrogen-bond acceptors (Lipinski definition) is 3. The Labute approximate surface area is 219 Å². The van der Waals surface area contributed by atoms with E-state index in [1.54, 1.807) is 0 Å². The van der Waals surface area contributed by atoms with E-state index in [0.29, 0.717) is 19.3 Å². The van der Waals surface area contributed by atoms with Crippen LogP contribution in [0.15, 0.2) is 12.2 Å². The highest BCUT2D eigenvalue weighted by Gasteiger charge is 2.26. The van der Waals surface area contributed by atoms with Crippen LogP contribution in [0, 0.1) is 0 Å². The van der Waals surface area contributed by atoms with E-state index in [9.17, 15) is 14.4 Å². The minimum atomic E-state index is -0.772. The Morgan fingerprint density at radius 2 is 0.833 bits per heavy atom. The third-order valence-electron chi connectivity index (χ3n) is 6.96. The van der Waals surface area contributed by atoms with E-state index < -0.39 is 17.9 Å². The van der Waals surface area contributed by atoms with E-state index in [1.807, 2.05) is 0 Å². The molecular formula is C29H54NO6+. The van der Waals surface area contributed by atoms with Gasteiger partial charge in [-0.2, -0.15) is 0 Å². The van der Waals surface area contributed by atoms with Gasteiger partial charge in [0.25, 0.3) is 0 Å². The zero-order valence-corrected chi connectivity index (χ0v) is 22.9. The van der Waals surface area contributed by atoms with E-state index in [1.165, 1.54) is 44.9 Å². The Balaban J connectivity index is 4.69. The summed E-state index contributed by atoms with van der Waals surface area (Å²) in [4.78, 5) is 32.8. The van der Waals surface area contributed by atoms with Crippen LogP contribution in [0.25, 0.3) is 0 Å². The molecule has 0 atom stereocenters. The molecule has 3 N–H and O–H groups in total. The molecule has 210 valence electrons. The van der Waals surface area contributed by atoms with Gasteiger partial charge in [-0.1, -0.05) is 44.8 Å². The summed E-state index contributed by atoms with van der Waals surface area (Å²) >= 11 is 0. The summed E-state index contributed by atoms with van der Waals surface area (Å²) in [5, 5.41) is 27.0. The lowest BCUT2D eigenvalue weighted by Gasteiger charge is -2.39. The van der Waals surface area contributed by atoms with Gasteiger partial charge < -0.3 is 19.8 Å². The average Bonchev–Trinajstić information content (AvgIpc) is 2.82. The minimum Gasteiger partial charge on any atom is -0.481 e. The zero-order valence-electron chi connectivity index (χ0n) is 22.9. The van der Waals surface area contributed by atoms with E-state index in [0.717, 1.165) is 69.2 Å². The van der Waals surface area contributed by atoms with Crippen LogP contribution in [0.1, 0.15) is 129 Å². The van der Waals surface area contributed by atoms with Crippen LogP contribution in [0.4, 0.5) is 0 Å². The van der Waals surface area contributed by atoms with E-state index in [2.05, 4.69) is 19.1 Å². The molecule has 0 bridgehead atoms. The highest BCUT2D eigenvalue weighted by atomic mass is 16.4. The maximum Gasteiger partial charge on any atom is 0.303 e. The van der Waals surface area contributed by atoms with Crippen molar-refractivity contribution in [2.24, 2.45) is 0 Å². The first-order chi connectivity index (χ1) is 17.3. The number of rotatable bonds is 27. The van der Waals surface area contributed by atoms with E-state index in [-0.39, 0.29) is 19.3 Å². The number of hydrogen-bond donors (Lipinski definition) is 3. The first kappa shape index (κ1) is 34.1. The van der Waals surface area contributed by atoms with Crippen molar-refractivity contribution in [3.8, 4) is 0 Å². The molecule has 0 unspecified atom stereocenters. The molecule has 0 rings (SSSR count). The Hall–Kier alpha value is -1.89. The highest BCUT2D eigenvalue weighted by molar-refractivity contribution is 5.67. The molecule has 0 aliphatic rings. The third kappa shape index (κ3) is 22.6. The fourth-order valence-corrected chi connectivity index (χ4v) is 4.83. The number of carboxylic acids is 3. The summed E-state index contributed by atoms with van der Waals surface area (Å²) in [5.74, 6) is -2.32. The van der Waals surface area contributed by atoms with Gasteiger partial charge in [-0.3, -0.25) is 14.4 Å². The number of quaternary nitrogens is 1. The Morgan fingerprint density at radius 3 is 1.19 bits per heavy atom. The van der Waals surface area contributed by atoms with Gasteiger partial charge in [-0.05, 0) is 77.0 Å². The standard InChI is InChI=1S/C29H53NO6/c1-2-3-4-5-6-7-8-9-10-11-12-16-23-30(24-17-13-20-27(31)32,25-18-14-21-28(33)34)26-19-15-22-29(35)36/h7-8H,2-6,9-26H2,1H3,(H2-,31,32,33,34,35,36)/p+1/b8-7+. The molecule has 0 aliphatic heterocycles. The van der Waals surface area contributed by atoms with Crippen LogP contribution in [-0.2, 0) is 14.4 Å². The third-order valence-corrected chi connectivity index (χ3v) is 6.96. The van der Waals surface area contributed by atoms with Crippen molar-refractivity contribution < 1.29 is 34.2 Å². The fourth-order valence-electron chi connectivity index (χ4n) is 4.83. The van der Waals surface area contributed by atoms with Crippen molar-refractivity contribution in [2.75, 3.05) is 26.2 Å². The molecular weight excluding hydrogens is 458 g/mol. The molecule has 0 spiro atoms. The van der Waals surface area contributed by atoms with Crippen LogP contribution in [0.5, 0.6) is 0 Å². The lowest BCUT2D eigenvalue weighted by Crippen LogP contribution is -2.51. The van der Waals surface area contributed by atoms with Gasteiger partial charge >= 0.3 is 17.9 Å². The smallest absolute Gasteiger partial charge is 0.303 e. The summed E-state index contributed by atoms with van der Waals surface area (Å²) in [6, 6.07) is 0. The quantitative estimate of drug-likeness (QED) is 0.0618. The molecule has 36 heavy (non-hydrogen) atoms. The Bertz CT molecular complexity index is 550. The molecule has 7 heteroatoms. The summed E-state index contributed by atoms with van der Waals surface area (Å²) in [6.07, 6.45) is 21.7. The molecule has 0 heterocycles. The molecule has 0 radical (unpaired) electrons. The molecule has 7 nitrogen and oxygen atoms in total. The number of allylic oxidation sites excluding steroid dienone is 2. The van der Waals surface area contributed by atoms with Crippen molar-refractivity contribution in [2.45, 2.75) is 129 Å². The van der Waals surface area contributed by atoms with Gasteiger partial charge in [-0.15, -0.1) is 0 Å². The minimum absolute atomic E-state index is 0.171. The van der Waals surface area contributed by atoms with Gasteiger partial charge in [0.05, 0.1) is 26.2 Å². The SMILES string of the molecule is CCCCCC/C=C/CCCCCC[N+](CCCCC(=O)O)(CCCCC(=O)O)CCCCC(=O)O. The molecule has 0 saturated heterocycles. The molecule has 0 fully saturated rings. The number of carboxylic acid groups (broad SMARTS) is 3. The van der Waals surface area contributed by atoms with Gasteiger partial charge in [0.2, 0.25) is 0 Å². The zero-order chi connectivity index (χ0) is 26.9. The van der Waals surface area contributed by atoms with Gasteiger partial charge in [0.15, 0.2) is 0 Å². The predicted molar refractivity (Wildman–Crippen MR) is 145 cm³/mol. The summed E-state index contributed by atoms with van der Waals surface area (Å²) in [7, 11) is 0. The topological polar surface area (TPSA) is 112 Å². The maximum atomic E-state index is 10.9. The first-order valence-corrected chi connectivity index (χ1v) is 14.5. The normalized spacial score (nSPS) is 11.8. The van der Waals surface area contributed by atoms with Gasteiger partial charge in [0.1, 0.15) is 0 Å². The van der Waals surface area contributed by atoms with Crippen molar-refractivity contribution in [1.29, 1.82) is 0 Å². The van der Waals surface area contributed by atoms with Crippen LogP contribution < -0.4 is 0 Å². The van der Waals surface area contributed by atoms with E-state index >= 15 is 0 Å². The van der Waals surface area contributed by atoms with Crippen LogP contribution >= 0.6 is 0 Å². The predicted octanol–water partition coefficient (Wildman–Crippen LogP) is 7.05. The van der Waals surface area contributed by atoms with Crippen molar-refractivity contribution in [1.82, 2.24) is 0 Å². The maximum absolute atomic E-state index is 10.9. The molecule has 0 amide bonds. The second kappa shape index (κ2) is 23.5. The van der Waals surface area contributed by atoms with Crippen LogP contribution in [0.3, 0.4) is 0 Å².